The van der Waals surface area contributed by atoms with Gasteiger partial charge in [0.2, 0.25) is 0 Å². The van der Waals surface area contributed by atoms with Crippen LogP contribution in [-0.4, -0.2) is 26.8 Å². The molecule has 0 aromatic heterocycles. The molecule has 0 spiro atoms. The summed E-state index contributed by atoms with van der Waals surface area (Å²) >= 11 is 0. The minimum atomic E-state index is 0.399. The molecule has 17 heavy (non-hydrogen) atoms. The first-order valence-electron chi connectivity index (χ1n) is 5.85. The Bertz CT molecular complexity index is 342. The molecule has 4 nitrogen and oxygen atoms in total. The Hall–Kier alpha value is -1.26. The van der Waals surface area contributed by atoms with Crippen molar-refractivity contribution in [1.82, 2.24) is 5.32 Å². The number of ether oxygens (including phenoxy) is 2. The number of hydrogen-bond donors (Lipinski definition) is 2. The van der Waals surface area contributed by atoms with Crippen LogP contribution in [0.1, 0.15) is 18.9 Å². The van der Waals surface area contributed by atoms with Crippen molar-refractivity contribution in [3.05, 3.63) is 23.8 Å². The van der Waals surface area contributed by atoms with Crippen LogP contribution in [0.4, 0.5) is 0 Å². The topological polar surface area (TPSA) is 56.5 Å². The second-order valence-electron chi connectivity index (χ2n) is 4.04. The monoisotopic (exact) mass is 238 g/mol. The van der Waals surface area contributed by atoms with Gasteiger partial charge in [-0.25, -0.2) is 0 Å². The predicted molar refractivity (Wildman–Crippen MR) is 69.5 cm³/mol. The smallest absolute Gasteiger partial charge is 0.123 e. The Balaban J connectivity index is 2.67. The van der Waals surface area contributed by atoms with Gasteiger partial charge in [-0.1, -0.05) is 0 Å². The van der Waals surface area contributed by atoms with Crippen molar-refractivity contribution in [2.45, 2.75) is 25.9 Å². The highest BCUT2D eigenvalue weighted by molar-refractivity contribution is 5.40. The first-order chi connectivity index (χ1) is 8.21. The lowest BCUT2D eigenvalue weighted by Crippen LogP contribution is -2.28. The summed E-state index contributed by atoms with van der Waals surface area (Å²) in [4.78, 5) is 0. The molecule has 0 heterocycles. The summed E-state index contributed by atoms with van der Waals surface area (Å²) in [5.41, 5.74) is 6.61. The van der Waals surface area contributed by atoms with Crippen LogP contribution in [0.3, 0.4) is 0 Å². The van der Waals surface area contributed by atoms with E-state index < -0.39 is 0 Å². The molecule has 0 saturated carbocycles. The molecule has 1 aromatic carbocycles. The van der Waals surface area contributed by atoms with Crippen LogP contribution < -0.4 is 20.5 Å². The van der Waals surface area contributed by atoms with Gasteiger partial charge >= 0.3 is 0 Å². The van der Waals surface area contributed by atoms with Gasteiger partial charge in [-0.15, -0.1) is 0 Å². The molecule has 1 aromatic rings. The lowest BCUT2D eigenvalue weighted by atomic mass is 10.1. The highest BCUT2D eigenvalue weighted by atomic mass is 16.5. The van der Waals surface area contributed by atoms with Gasteiger partial charge in [-0.3, -0.25) is 0 Å². The van der Waals surface area contributed by atoms with Crippen LogP contribution in [0.5, 0.6) is 11.5 Å². The van der Waals surface area contributed by atoms with E-state index in [-0.39, 0.29) is 0 Å². The second kappa shape index (κ2) is 7.14. The van der Waals surface area contributed by atoms with Crippen LogP contribution >= 0.6 is 0 Å². The number of nitrogens with two attached hydrogens (primary N) is 1. The highest BCUT2D eigenvalue weighted by Gasteiger charge is 2.06. The number of methoxy groups -OCH3 is 2. The van der Waals surface area contributed by atoms with E-state index in [0.717, 1.165) is 30.0 Å². The SMILES string of the molecule is COc1ccc(OC)c(CNC(C)CCN)c1. The molecule has 3 N–H and O–H groups in total. The van der Waals surface area contributed by atoms with Gasteiger partial charge in [0.15, 0.2) is 0 Å². The summed E-state index contributed by atoms with van der Waals surface area (Å²) in [6.07, 6.45) is 0.965. The Morgan fingerprint density at radius 2 is 2.06 bits per heavy atom. The molecule has 1 rings (SSSR count). The fraction of sp³-hybridized carbons (Fsp3) is 0.538. The van der Waals surface area contributed by atoms with Gasteiger partial charge in [0.25, 0.3) is 0 Å². The quantitative estimate of drug-likeness (QED) is 0.756. The summed E-state index contributed by atoms with van der Waals surface area (Å²) in [7, 11) is 3.34. The van der Waals surface area contributed by atoms with E-state index in [2.05, 4.69) is 12.2 Å². The van der Waals surface area contributed by atoms with Crippen LogP contribution in [0.2, 0.25) is 0 Å². The van der Waals surface area contributed by atoms with Crippen molar-refractivity contribution in [2.24, 2.45) is 5.73 Å². The maximum Gasteiger partial charge on any atom is 0.123 e. The minimum Gasteiger partial charge on any atom is -0.497 e. The average Bonchev–Trinajstić information content (AvgIpc) is 2.36. The van der Waals surface area contributed by atoms with E-state index in [1.54, 1.807) is 14.2 Å². The van der Waals surface area contributed by atoms with E-state index in [1.807, 2.05) is 18.2 Å². The van der Waals surface area contributed by atoms with Crippen LogP contribution in [0.15, 0.2) is 18.2 Å². The molecule has 0 amide bonds. The standard InChI is InChI=1S/C13H22N2O2/c1-10(6-7-14)15-9-11-8-12(16-2)4-5-13(11)17-3/h4-5,8,10,15H,6-7,9,14H2,1-3H3. The fourth-order valence-electron chi connectivity index (χ4n) is 1.66. The molecule has 0 saturated heterocycles. The number of rotatable bonds is 7. The molecule has 96 valence electrons. The maximum atomic E-state index is 5.52. The van der Waals surface area contributed by atoms with Crippen LogP contribution in [-0.2, 0) is 6.54 Å². The lowest BCUT2D eigenvalue weighted by molar-refractivity contribution is 0.395. The van der Waals surface area contributed by atoms with E-state index >= 15 is 0 Å². The molecule has 1 atom stereocenters. The predicted octanol–water partition coefficient (Wildman–Crippen LogP) is 1.53. The van der Waals surface area contributed by atoms with Gasteiger partial charge in [0.1, 0.15) is 11.5 Å². The van der Waals surface area contributed by atoms with Crippen molar-refractivity contribution in [3.63, 3.8) is 0 Å². The van der Waals surface area contributed by atoms with Crippen molar-refractivity contribution in [3.8, 4) is 11.5 Å². The van der Waals surface area contributed by atoms with E-state index in [9.17, 15) is 0 Å². The molecule has 0 aliphatic carbocycles. The molecular weight excluding hydrogens is 216 g/mol. The third kappa shape index (κ3) is 4.24. The van der Waals surface area contributed by atoms with Crippen molar-refractivity contribution in [1.29, 1.82) is 0 Å². The Morgan fingerprint density at radius 1 is 1.29 bits per heavy atom. The van der Waals surface area contributed by atoms with Gasteiger partial charge in [0.05, 0.1) is 14.2 Å². The van der Waals surface area contributed by atoms with Crippen LogP contribution in [0, 0.1) is 0 Å². The van der Waals surface area contributed by atoms with Crippen molar-refractivity contribution in [2.75, 3.05) is 20.8 Å². The van der Waals surface area contributed by atoms with E-state index in [0.29, 0.717) is 12.6 Å². The van der Waals surface area contributed by atoms with Crippen molar-refractivity contribution >= 4 is 0 Å². The normalized spacial score (nSPS) is 12.2. The summed E-state index contributed by atoms with van der Waals surface area (Å²) < 4.78 is 10.5. The average molecular weight is 238 g/mol. The number of hydrogen-bond acceptors (Lipinski definition) is 4. The zero-order chi connectivity index (χ0) is 12.7. The van der Waals surface area contributed by atoms with E-state index in [4.69, 9.17) is 15.2 Å². The molecule has 0 aliphatic heterocycles. The third-order valence-electron chi connectivity index (χ3n) is 2.73. The van der Waals surface area contributed by atoms with Crippen LogP contribution in [0.25, 0.3) is 0 Å². The fourth-order valence-corrected chi connectivity index (χ4v) is 1.66. The molecule has 0 fully saturated rings. The number of nitrogens with one attached hydrogen (secondary N) is 1. The lowest BCUT2D eigenvalue weighted by Gasteiger charge is -2.15. The zero-order valence-corrected chi connectivity index (χ0v) is 10.8. The van der Waals surface area contributed by atoms with Gasteiger partial charge in [-0.2, -0.15) is 0 Å². The van der Waals surface area contributed by atoms with Gasteiger partial charge in [-0.05, 0) is 38.1 Å². The Morgan fingerprint density at radius 3 is 2.65 bits per heavy atom. The summed E-state index contributed by atoms with van der Waals surface area (Å²) in [6, 6.07) is 6.20. The third-order valence-corrected chi connectivity index (χ3v) is 2.73. The molecule has 4 heteroatoms. The zero-order valence-electron chi connectivity index (χ0n) is 10.8. The Labute approximate surface area is 103 Å². The Kier molecular flexibility index (Phi) is 5.80. The second-order valence-corrected chi connectivity index (χ2v) is 4.04. The molecule has 0 radical (unpaired) electrons. The number of benzene rings is 1. The first kappa shape index (κ1) is 13.8. The minimum absolute atomic E-state index is 0.399. The highest BCUT2D eigenvalue weighted by Crippen LogP contribution is 2.23. The summed E-state index contributed by atoms with van der Waals surface area (Å²) in [5, 5.41) is 3.41. The van der Waals surface area contributed by atoms with Gasteiger partial charge in [0, 0.05) is 18.2 Å². The van der Waals surface area contributed by atoms with Crippen molar-refractivity contribution < 1.29 is 9.47 Å². The van der Waals surface area contributed by atoms with E-state index in [1.165, 1.54) is 0 Å². The molecule has 1 unspecified atom stereocenters. The molecule has 0 bridgehead atoms. The van der Waals surface area contributed by atoms with Gasteiger partial charge < -0.3 is 20.5 Å². The summed E-state index contributed by atoms with van der Waals surface area (Å²) in [6.45, 7) is 3.57. The maximum absolute atomic E-state index is 5.52. The molecule has 0 aliphatic rings. The largest absolute Gasteiger partial charge is 0.497 e. The molecular formula is C13H22N2O2. The summed E-state index contributed by atoms with van der Waals surface area (Å²) in [5.74, 6) is 1.72. The first-order valence-corrected chi connectivity index (χ1v) is 5.85.